The van der Waals surface area contributed by atoms with Crippen molar-refractivity contribution in [1.82, 2.24) is 4.57 Å². The van der Waals surface area contributed by atoms with Gasteiger partial charge in [0.25, 0.3) is 5.56 Å². The van der Waals surface area contributed by atoms with Crippen LogP contribution in [0.1, 0.15) is 28.9 Å². The van der Waals surface area contributed by atoms with Crippen LogP contribution in [0.5, 0.6) is 0 Å². The molecule has 0 bridgehead atoms. The maximum absolute atomic E-state index is 11.8. The number of Topliss-reactive ketones (excluding diaryl/α,β-unsaturated/α-hetero) is 1. The number of hydrogen-bond donors (Lipinski definition) is 2. The van der Waals surface area contributed by atoms with E-state index >= 15 is 0 Å². The van der Waals surface area contributed by atoms with Gasteiger partial charge < -0.3 is 16.0 Å². The lowest BCUT2D eigenvalue weighted by Gasteiger charge is -2.21. The zero-order chi connectivity index (χ0) is 13.3. The summed E-state index contributed by atoms with van der Waals surface area (Å²) >= 11 is 0. The molecule has 0 aromatic carbocycles. The molecule has 1 heterocycles. The van der Waals surface area contributed by atoms with Crippen LogP contribution in [0.25, 0.3) is 0 Å². The van der Waals surface area contributed by atoms with Crippen LogP contribution in [-0.2, 0) is 17.8 Å². The zero-order valence-corrected chi connectivity index (χ0v) is 9.89. The van der Waals surface area contributed by atoms with Gasteiger partial charge in [-0.1, -0.05) is 0 Å². The van der Waals surface area contributed by atoms with Crippen LogP contribution in [-0.4, -0.2) is 22.3 Å². The molecule has 6 nitrogen and oxygen atoms in total. The van der Waals surface area contributed by atoms with Crippen LogP contribution in [0.2, 0.25) is 0 Å². The highest BCUT2D eigenvalue weighted by Gasteiger charge is 2.22. The maximum Gasteiger partial charge on any atom is 0.250 e. The summed E-state index contributed by atoms with van der Waals surface area (Å²) in [5, 5.41) is 0. The lowest BCUT2D eigenvalue weighted by atomic mass is 9.94. The van der Waals surface area contributed by atoms with Gasteiger partial charge in [-0.05, 0) is 18.9 Å². The van der Waals surface area contributed by atoms with Crippen molar-refractivity contribution in [2.24, 2.45) is 11.5 Å². The maximum atomic E-state index is 11.8. The van der Waals surface area contributed by atoms with Gasteiger partial charge >= 0.3 is 0 Å². The zero-order valence-electron chi connectivity index (χ0n) is 9.89. The fraction of sp³-hybridized carbons (Fsp3) is 0.417. The van der Waals surface area contributed by atoms with E-state index in [1.54, 1.807) is 6.07 Å². The molecule has 0 spiro atoms. The molecule has 6 heteroatoms. The Bertz CT molecular complexity index is 562. The molecular formula is C12H15N3O3. The van der Waals surface area contributed by atoms with Gasteiger partial charge in [0.05, 0.1) is 6.54 Å². The van der Waals surface area contributed by atoms with Gasteiger partial charge in [0.15, 0.2) is 5.78 Å². The van der Waals surface area contributed by atoms with Crippen molar-refractivity contribution >= 4 is 11.7 Å². The average Bonchev–Trinajstić information content (AvgIpc) is 2.32. The van der Waals surface area contributed by atoms with Crippen LogP contribution >= 0.6 is 0 Å². The molecule has 1 atom stereocenters. The predicted octanol–water partition coefficient (Wildman–Crippen LogP) is -0.820. The van der Waals surface area contributed by atoms with Crippen molar-refractivity contribution in [1.29, 1.82) is 0 Å². The summed E-state index contributed by atoms with van der Waals surface area (Å²) in [6, 6.07) is 1.95. The minimum absolute atomic E-state index is 0.0185. The van der Waals surface area contributed by atoms with Crippen molar-refractivity contribution < 1.29 is 9.59 Å². The Morgan fingerprint density at radius 3 is 2.72 bits per heavy atom. The van der Waals surface area contributed by atoms with E-state index in [1.165, 1.54) is 10.6 Å². The summed E-state index contributed by atoms with van der Waals surface area (Å²) in [5.41, 5.74) is 11.6. The van der Waals surface area contributed by atoms with E-state index in [-0.39, 0.29) is 17.9 Å². The third-order valence-electron chi connectivity index (χ3n) is 3.16. The lowest BCUT2D eigenvalue weighted by Crippen LogP contribution is -2.43. The van der Waals surface area contributed by atoms with Crippen molar-refractivity contribution in [2.75, 3.05) is 0 Å². The number of fused-ring (bicyclic) bond motifs is 1. The van der Waals surface area contributed by atoms with Gasteiger partial charge in [-0.3, -0.25) is 14.4 Å². The molecule has 18 heavy (non-hydrogen) atoms. The van der Waals surface area contributed by atoms with Crippen molar-refractivity contribution in [3.8, 4) is 0 Å². The van der Waals surface area contributed by atoms with Crippen LogP contribution < -0.4 is 17.0 Å². The van der Waals surface area contributed by atoms with Crippen molar-refractivity contribution in [3.05, 3.63) is 33.7 Å². The fourth-order valence-corrected chi connectivity index (χ4v) is 2.18. The number of carbonyl (C=O) groups is 2. The van der Waals surface area contributed by atoms with E-state index in [4.69, 9.17) is 11.5 Å². The Balaban J connectivity index is 2.46. The van der Waals surface area contributed by atoms with Gasteiger partial charge in [0.2, 0.25) is 5.91 Å². The van der Waals surface area contributed by atoms with Crippen molar-refractivity contribution in [2.45, 2.75) is 31.8 Å². The quantitative estimate of drug-likeness (QED) is 0.729. The van der Waals surface area contributed by atoms with Gasteiger partial charge in [0.1, 0.15) is 6.04 Å². The highest BCUT2D eigenvalue weighted by Crippen LogP contribution is 2.19. The van der Waals surface area contributed by atoms with E-state index < -0.39 is 11.9 Å². The summed E-state index contributed by atoms with van der Waals surface area (Å²) in [6.45, 7) is 0.0185. The summed E-state index contributed by atoms with van der Waals surface area (Å²) in [6.07, 6.45) is 1.84. The fourth-order valence-electron chi connectivity index (χ4n) is 2.18. The average molecular weight is 249 g/mol. The first-order valence-corrected chi connectivity index (χ1v) is 5.81. The number of amides is 1. The predicted molar refractivity (Wildman–Crippen MR) is 65.1 cm³/mol. The number of nitrogens with two attached hydrogens (primary N) is 2. The number of hydrogen-bond acceptors (Lipinski definition) is 4. The summed E-state index contributed by atoms with van der Waals surface area (Å²) in [4.78, 5) is 34.5. The number of ketones is 1. The van der Waals surface area contributed by atoms with Gasteiger partial charge in [-0.15, -0.1) is 0 Å². The van der Waals surface area contributed by atoms with E-state index in [2.05, 4.69) is 0 Å². The molecule has 1 unspecified atom stereocenters. The van der Waals surface area contributed by atoms with Crippen LogP contribution in [0.4, 0.5) is 0 Å². The SMILES string of the molecule is NC(=O)C(N)Cn1c2c(ccc1=O)C(=O)CCC2. The number of rotatable bonds is 3. The first kappa shape index (κ1) is 12.5. The Kier molecular flexibility index (Phi) is 3.29. The third-order valence-corrected chi connectivity index (χ3v) is 3.16. The summed E-state index contributed by atoms with van der Waals surface area (Å²) in [5.74, 6) is -0.640. The smallest absolute Gasteiger partial charge is 0.250 e. The second-order valence-corrected chi connectivity index (χ2v) is 4.43. The number of aromatic nitrogens is 1. The number of pyridine rings is 1. The molecule has 96 valence electrons. The Morgan fingerprint density at radius 2 is 2.06 bits per heavy atom. The minimum atomic E-state index is -0.925. The Hall–Kier alpha value is -1.95. The van der Waals surface area contributed by atoms with Gasteiger partial charge in [-0.25, -0.2) is 0 Å². The molecule has 1 aromatic heterocycles. The first-order valence-electron chi connectivity index (χ1n) is 5.81. The molecule has 0 saturated carbocycles. The summed E-state index contributed by atoms with van der Waals surface area (Å²) in [7, 11) is 0. The van der Waals surface area contributed by atoms with E-state index in [0.29, 0.717) is 30.5 Å². The number of primary amides is 1. The molecule has 0 saturated heterocycles. The molecule has 2 rings (SSSR count). The normalized spacial score (nSPS) is 16.2. The monoisotopic (exact) mass is 249 g/mol. The van der Waals surface area contributed by atoms with Crippen LogP contribution in [0.3, 0.4) is 0 Å². The molecule has 0 radical (unpaired) electrons. The minimum Gasteiger partial charge on any atom is -0.368 e. The second kappa shape index (κ2) is 4.73. The number of carbonyl (C=O) groups excluding carboxylic acids is 2. The van der Waals surface area contributed by atoms with Gasteiger partial charge in [0, 0.05) is 23.7 Å². The van der Waals surface area contributed by atoms with Crippen molar-refractivity contribution in [3.63, 3.8) is 0 Å². The number of nitrogens with zero attached hydrogens (tertiary/aromatic N) is 1. The standard InChI is InChI=1S/C12H15N3O3/c13-8(12(14)18)6-15-9-2-1-3-10(16)7(9)4-5-11(15)17/h4-5,8H,1-3,6,13H2,(H2,14,18). The first-order chi connectivity index (χ1) is 8.50. The molecule has 1 aliphatic rings. The van der Waals surface area contributed by atoms with E-state index in [1.807, 2.05) is 0 Å². The molecular weight excluding hydrogens is 234 g/mol. The molecule has 0 fully saturated rings. The second-order valence-electron chi connectivity index (χ2n) is 4.43. The molecule has 4 N–H and O–H groups in total. The van der Waals surface area contributed by atoms with E-state index in [0.717, 1.165) is 0 Å². The third kappa shape index (κ3) is 2.19. The largest absolute Gasteiger partial charge is 0.368 e. The molecule has 0 aliphatic heterocycles. The topological polar surface area (TPSA) is 108 Å². The van der Waals surface area contributed by atoms with Crippen LogP contribution in [0, 0.1) is 0 Å². The van der Waals surface area contributed by atoms with E-state index in [9.17, 15) is 14.4 Å². The molecule has 1 aromatic rings. The van der Waals surface area contributed by atoms with Gasteiger partial charge in [-0.2, -0.15) is 0 Å². The highest BCUT2D eigenvalue weighted by molar-refractivity contribution is 5.98. The lowest BCUT2D eigenvalue weighted by molar-refractivity contribution is -0.119. The molecule has 1 amide bonds. The molecule has 1 aliphatic carbocycles. The van der Waals surface area contributed by atoms with Crippen LogP contribution in [0.15, 0.2) is 16.9 Å². The Labute approximate surface area is 104 Å². The highest BCUT2D eigenvalue weighted by atomic mass is 16.1. The summed E-state index contributed by atoms with van der Waals surface area (Å²) < 4.78 is 1.39. The Morgan fingerprint density at radius 1 is 1.33 bits per heavy atom.